The van der Waals surface area contributed by atoms with Crippen molar-refractivity contribution in [2.24, 2.45) is 5.73 Å². The lowest BCUT2D eigenvalue weighted by Crippen LogP contribution is -2.59. The zero-order valence-electron chi connectivity index (χ0n) is 7.90. The highest BCUT2D eigenvalue weighted by molar-refractivity contribution is 5.76. The lowest BCUT2D eigenvalue weighted by atomic mass is 9.84. The van der Waals surface area contributed by atoms with Crippen molar-refractivity contribution in [1.82, 2.24) is 5.32 Å². The Morgan fingerprint density at radius 2 is 2.43 bits per heavy atom. The molecule has 5 heteroatoms. The molecule has 0 aromatic carbocycles. The molecule has 0 amide bonds. The number of carbonyl (C=O) groups is 1. The second kappa shape index (κ2) is 3.81. The van der Waals surface area contributed by atoms with E-state index in [4.69, 9.17) is 15.9 Å². The first-order valence-corrected chi connectivity index (χ1v) is 4.27. The number of carboxylic acid groups (broad SMARTS) is 1. The van der Waals surface area contributed by atoms with Crippen LogP contribution in [0.4, 0.5) is 0 Å². The molecule has 5 N–H and O–H groups in total. The summed E-state index contributed by atoms with van der Waals surface area (Å²) in [5.41, 5.74) is 4.75. The highest BCUT2D eigenvalue weighted by Gasteiger charge is 2.37. The quantitative estimate of drug-likeness (QED) is 0.502. The number of rotatable bonds is 3. The molecule has 0 radical (unpaired) electrons. The van der Waals surface area contributed by atoms with Gasteiger partial charge < -0.3 is 21.3 Å². The molecule has 14 heavy (non-hydrogen) atoms. The molecule has 0 bridgehead atoms. The first kappa shape index (κ1) is 10.7. The highest BCUT2D eigenvalue weighted by atomic mass is 16.4. The number of nitrogens with two attached hydrogens (primary N) is 1. The van der Waals surface area contributed by atoms with Gasteiger partial charge in [0.05, 0.1) is 5.54 Å². The molecule has 2 unspecified atom stereocenters. The molecule has 0 heterocycles. The molecule has 0 saturated carbocycles. The fourth-order valence-electron chi connectivity index (χ4n) is 1.44. The van der Waals surface area contributed by atoms with Crippen molar-refractivity contribution >= 4 is 5.97 Å². The third-order valence-electron chi connectivity index (χ3n) is 2.49. The van der Waals surface area contributed by atoms with Crippen LogP contribution < -0.4 is 11.1 Å². The van der Waals surface area contributed by atoms with Crippen molar-refractivity contribution in [2.45, 2.75) is 18.0 Å². The number of aliphatic carboxylic acids is 1. The molecular formula is C9H14N2O3. The van der Waals surface area contributed by atoms with Crippen LogP contribution in [0.25, 0.3) is 0 Å². The van der Waals surface area contributed by atoms with Crippen LogP contribution in [-0.2, 0) is 4.79 Å². The van der Waals surface area contributed by atoms with Crippen LogP contribution in [0.15, 0.2) is 24.0 Å². The van der Waals surface area contributed by atoms with Crippen LogP contribution in [0.1, 0.15) is 6.42 Å². The Morgan fingerprint density at radius 3 is 2.79 bits per heavy atom. The van der Waals surface area contributed by atoms with Gasteiger partial charge in [-0.15, -0.1) is 0 Å². The first-order chi connectivity index (χ1) is 6.52. The van der Waals surface area contributed by atoms with E-state index in [1.807, 2.05) is 0 Å². The van der Waals surface area contributed by atoms with E-state index in [1.54, 1.807) is 19.2 Å². The Balaban J connectivity index is 2.90. The first-order valence-electron chi connectivity index (χ1n) is 4.27. The van der Waals surface area contributed by atoms with Crippen LogP contribution in [-0.4, -0.2) is 34.8 Å². The van der Waals surface area contributed by atoms with Crippen molar-refractivity contribution in [3.8, 4) is 0 Å². The molecular weight excluding hydrogens is 184 g/mol. The van der Waals surface area contributed by atoms with E-state index in [9.17, 15) is 4.79 Å². The summed E-state index contributed by atoms with van der Waals surface area (Å²) >= 11 is 0. The topological polar surface area (TPSA) is 95.6 Å². The third-order valence-corrected chi connectivity index (χ3v) is 2.49. The Morgan fingerprint density at radius 1 is 1.79 bits per heavy atom. The number of allylic oxidation sites excluding steroid dienone is 1. The second-order valence-electron chi connectivity index (χ2n) is 3.27. The number of aliphatic hydroxyl groups is 1. The van der Waals surface area contributed by atoms with E-state index in [0.717, 1.165) is 0 Å². The maximum Gasteiger partial charge on any atom is 0.322 e. The third kappa shape index (κ3) is 1.78. The van der Waals surface area contributed by atoms with E-state index in [-0.39, 0.29) is 5.76 Å². The molecule has 0 aromatic rings. The molecule has 0 fully saturated rings. The van der Waals surface area contributed by atoms with Gasteiger partial charge in [-0.2, -0.15) is 0 Å². The number of aliphatic hydroxyl groups excluding tert-OH is 1. The Hall–Kier alpha value is -1.33. The summed E-state index contributed by atoms with van der Waals surface area (Å²) < 4.78 is 0. The maximum atomic E-state index is 10.8. The lowest BCUT2D eigenvalue weighted by Gasteiger charge is -2.34. The molecule has 0 aliphatic heterocycles. The van der Waals surface area contributed by atoms with Gasteiger partial charge in [-0.1, -0.05) is 6.08 Å². The fourth-order valence-corrected chi connectivity index (χ4v) is 1.44. The van der Waals surface area contributed by atoms with Gasteiger partial charge in [0.15, 0.2) is 0 Å². The monoisotopic (exact) mass is 198 g/mol. The van der Waals surface area contributed by atoms with E-state index in [1.165, 1.54) is 6.08 Å². The van der Waals surface area contributed by atoms with Crippen molar-refractivity contribution in [3.63, 3.8) is 0 Å². The number of likely N-dealkylation sites (N-methyl/N-ethyl adjacent to an activating group) is 1. The Kier molecular flexibility index (Phi) is 2.93. The van der Waals surface area contributed by atoms with Crippen molar-refractivity contribution in [2.75, 3.05) is 7.05 Å². The van der Waals surface area contributed by atoms with Crippen molar-refractivity contribution in [1.29, 1.82) is 0 Å². The molecule has 78 valence electrons. The summed E-state index contributed by atoms with van der Waals surface area (Å²) in [6.07, 6.45) is 4.93. The summed E-state index contributed by atoms with van der Waals surface area (Å²) in [6.45, 7) is 0. The van der Waals surface area contributed by atoms with Gasteiger partial charge in [-0.05, 0) is 25.6 Å². The molecule has 0 aromatic heterocycles. The van der Waals surface area contributed by atoms with E-state index in [2.05, 4.69) is 5.32 Å². The minimum Gasteiger partial charge on any atom is -0.508 e. The van der Waals surface area contributed by atoms with Crippen LogP contribution >= 0.6 is 0 Å². The molecule has 0 saturated heterocycles. The summed E-state index contributed by atoms with van der Waals surface area (Å²) in [6, 6.07) is -1.03. The summed E-state index contributed by atoms with van der Waals surface area (Å²) in [7, 11) is 1.64. The van der Waals surface area contributed by atoms with Gasteiger partial charge in [-0.25, -0.2) is 0 Å². The number of carboxylic acids is 1. The molecule has 1 aliphatic carbocycles. The van der Waals surface area contributed by atoms with E-state index >= 15 is 0 Å². The maximum absolute atomic E-state index is 10.8. The molecule has 1 aliphatic rings. The minimum atomic E-state index is -1.07. The summed E-state index contributed by atoms with van der Waals surface area (Å²) in [5, 5.41) is 20.8. The Bertz CT molecular complexity index is 298. The van der Waals surface area contributed by atoms with Gasteiger partial charge in [-0.3, -0.25) is 4.79 Å². The number of hydrogen-bond acceptors (Lipinski definition) is 4. The van der Waals surface area contributed by atoms with Crippen molar-refractivity contribution in [3.05, 3.63) is 24.0 Å². The van der Waals surface area contributed by atoms with Crippen LogP contribution in [0.5, 0.6) is 0 Å². The average Bonchev–Trinajstić information content (AvgIpc) is 2.18. The molecule has 5 nitrogen and oxygen atoms in total. The standard InChI is InChI=1S/C9H14N2O3/c1-11-9(7(10)8(13)14)4-2-6(12)3-5-9/h2-4,7,11-12H,5,10H2,1H3,(H,13,14). The minimum absolute atomic E-state index is 0.133. The van der Waals surface area contributed by atoms with Crippen LogP contribution in [0.2, 0.25) is 0 Å². The smallest absolute Gasteiger partial charge is 0.322 e. The normalized spacial score (nSPS) is 28.3. The van der Waals surface area contributed by atoms with Gasteiger partial charge in [0.25, 0.3) is 0 Å². The van der Waals surface area contributed by atoms with Gasteiger partial charge in [0.1, 0.15) is 11.8 Å². The SMILES string of the molecule is CNC1(C(N)C(=O)O)C=CC(O)=CC1. The summed E-state index contributed by atoms with van der Waals surface area (Å²) in [4.78, 5) is 10.8. The summed E-state index contributed by atoms with van der Waals surface area (Å²) in [5.74, 6) is -0.938. The van der Waals surface area contributed by atoms with Gasteiger partial charge in [0.2, 0.25) is 0 Å². The largest absolute Gasteiger partial charge is 0.508 e. The molecule has 1 rings (SSSR count). The van der Waals surface area contributed by atoms with Crippen molar-refractivity contribution < 1.29 is 15.0 Å². The predicted molar refractivity (Wildman–Crippen MR) is 51.9 cm³/mol. The number of nitrogens with one attached hydrogen (secondary N) is 1. The zero-order chi connectivity index (χ0) is 10.8. The molecule has 2 atom stereocenters. The fraction of sp³-hybridized carbons (Fsp3) is 0.444. The van der Waals surface area contributed by atoms with Crippen LogP contribution in [0.3, 0.4) is 0 Å². The Labute approximate surface area is 81.9 Å². The number of hydrogen-bond donors (Lipinski definition) is 4. The lowest BCUT2D eigenvalue weighted by molar-refractivity contribution is -0.140. The van der Waals surface area contributed by atoms with E-state index < -0.39 is 17.6 Å². The van der Waals surface area contributed by atoms with Crippen LogP contribution in [0, 0.1) is 0 Å². The van der Waals surface area contributed by atoms with Gasteiger partial charge in [0, 0.05) is 0 Å². The average molecular weight is 198 g/mol. The predicted octanol–water partition coefficient (Wildman–Crippen LogP) is -0.242. The zero-order valence-corrected chi connectivity index (χ0v) is 7.90. The molecule has 0 spiro atoms. The second-order valence-corrected chi connectivity index (χ2v) is 3.27. The van der Waals surface area contributed by atoms with E-state index in [0.29, 0.717) is 6.42 Å². The van der Waals surface area contributed by atoms with Gasteiger partial charge >= 0.3 is 5.97 Å². The highest BCUT2D eigenvalue weighted by Crippen LogP contribution is 2.22.